The van der Waals surface area contributed by atoms with Crippen molar-refractivity contribution in [2.75, 3.05) is 10.6 Å². The van der Waals surface area contributed by atoms with E-state index in [2.05, 4.69) is 15.6 Å². The van der Waals surface area contributed by atoms with E-state index in [1.165, 1.54) is 12.3 Å². The third kappa shape index (κ3) is 5.26. The van der Waals surface area contributed by atoms with E-state index in [1.807, 2.05) is 18.2 Å². The van der Waals surface area contributed by atoms with Crippen molar-refractivity contribution in [1.82, 2.24) is 4.98 Å². The lowest BCUT2D eigenvalue weighted by molar-refractivity contribution is -0.111. The van der Waals surface area contributed by atoms with Crippen LogP contribution >= 0.6 is 11.6 Å². The minimum Gasteiger partial charge on any atom is -0.322 e. The van der Waals surface area contributed by atoms with E-state index < -0.39 is 0 Å². The highest BCUT2D eigenvalue weighted by Crippen LogP contribution is 2.18. The minimum absolute atomic E-state index is 0.273. The summed E-state index contributed by atoms with van der Waals surface area (Å²) in [5.41, 5.74) is 2.34. The predicted octanol–water partition coefficient (Wildman–Crippen LogP) is 4.64. The molecule has 134 valence electrons. The largest absolute Gasteiger partial charge is 0.322 e. The molecule has 0 spiro atoms. The summed E-state index contributed by atoms with van der Waals surface area (Å²) in [5.74, 6) is -0.573. The predicted molar refractivity (Wildman–Crippen MR) is 108 cm³/mol. The van der Waals surface area contributed by atoms with Gasteiger partial charge in [0, 0.05) is 34.9 Å². The van der Waals surface area contributed by atoms with Gasteiger partial charge in [0.2, 0.25) is 5.91 Å². The fourth-order valence-electron chi connectivity index (χ4n) is 2.33. The van der Waals surface area contributed by atoms with E-state index in [0.717, 1.165) is 5.56 Å². The van der Waals surface area contributed by atoms with Crippen LogP contribution in [0.4, 0.5) is 11.4 Å². The Hall–Kier alpha value is -3.44. The zero-order chi connectivity index (χ0) is 19.1. The van der Waals surface area contributed by atoms with E-state index in [0.29, 0.717) is 22.0 Å². The number of amides is 2. The van der Waals surface area contributed by atoms with Crippen LogP contribution in [0.3, 0.4) is 0 Å². The van der Waals surface area contributed by atoms with Crippen molar-refractivity contribution in [3.63, 3.8) is 0 Å². The van der Waals surface area contributed by atoms with Gasteiger partial charge < -0.3 is 10.6 Å². The van der Waals surface area contributed by atoms with Crippen LogP contribution in [-0.2, 0) is 4.79 Å². The Morgan fingerprint density at radius 1 is 0.926 bits per heavy atom. The number of aromatic nitrogens is 1. The first kappa shape index (κ1) is 18.4. The average Bonchev–Trinajstić information content (AvgIpc) is 2.68. The van der Waals surface area contributed by atoms with Gasteiger partial charge >= 0.3 is 0 Å². The maximum atomic E-state index is 12.2. The first-order valence-electron chi connectivity index (χ1n) is 8.17. The van der Waals surface area contributed by atoms with Crippen molar-refractivity contribution in [3.05, 3.63) is 95.3 Å². The molecule has 3 rings (SSSR count). The van der Waals surface area contributed by atoms with Crippen LogP contribution in [0, 0.1) is 0 Å². The van der Waals surface area contributed by atoms with Crippen molar-refractivity contribution in [2.24, 2.45) is 0 Å². The van der Waals surface area contributed by atoms with Gasteiger partial charge in [-0.1, -0.05) is 35.9 Å². The van der Waals surface area contributed by atoms with Gasteiger partial charge in [-0.25, -0.2) is 0 Å². The summed E-state index contributed by atoms with van der Waals surface area (Å²) in [6.07, 6.45) is 6.14. The Morgan fingerprint density at radius 2 is 1.70 bits per heavy atom. The highest BCUT2D eigenvalue weighted by atomic mass is 35.5. The van der Waals surface area contributed by atoms with Crippen LogP contribution in [0.25, 0.3) is 6.08 Å². The summed E-state index contributed by atoms with van der Waals surface area (Å²) < 4.78 is 0. The maximum absolute atomic E-state index is 12.2. The molecule has 0 unspecified atom stereocenters. The van der Waals surface area contributed by atoms with Crippen LogP contribution in [0.1, 0.15) is 15.9 Å². The molecule has 27 heavy (non-hydrogen) atoms. The lowest BCUT2D eigenvalue weighted by atomic mass is 10.2. The summed E-state index contributed by atoms with van der Waals surface area (Å²) in [6, 6.07) is 17.5. The first-order chi connectivity index (χ1) is 13.1. The number of nitrogens with one attached hydrogen (secondary N) is 2. The Morgan fingerprint density at radius 3 is 2.44 bits per heavy atom. The fraction of sp³-hybridized carbons (Fsp3) is 0. The van der Waals surface area contributed by atoms with Gasteiger partial charge in [-0.15, -0.1) is 0 Å². The molecule has 0 saturated carbocycles. The van der Waals surface area contributed by atoms with Crippen molar-refractivity contribution < 1.29 is 9.59 Å². The maximum Gasteiger partial charge on any atom is 0.257 e. The molecular formula is C21H16ClN3O2. The van der Waals surface area contributed by atoms with Crippen LogP contribution in [0.5, 0.6) is 0 Å². The van der Waals surface area contributed by atoms with Crippen LogP contribution < -0.4 is 10.6 Å². The monoisotopic (exact) mass is 377 g/mol. The molecule has 0 aliphatic rings. The van der Waals surface area contributed by atoms with Gasteiger partial charge in [0.15, 0.2) is 0 Å². The summed E-state index contributed by atoms with van der Waals surface area (Å²) in [7, 11) is 0. The molecule has 0 aliphatic heterocycles. The molecule has 0 fully saturated rings. The topological polar surface area (TPSA) is 71.1 Å². The van der Waals surface area contributed by atoms with E-state index in [4.69, 9.17) is 11.6 Å². The molecule has 1 aromatic heterocycles. The number of nitrogens with zero attached hydrogens (tertiary/aromatic N) is 1. The van der Waals surface area contributed by atoms with Crippen LogP contribution in [0.2, 0.25) is 5.02 Å². The van der Waals surface area contributed by atoms with Gasteiger partial charge in [-0.3, -0.25) is 14.6 Å². The molecule has 0 bridgehead atoms. The van der Waals surface area contributed by atoms with Gasteiger partial charge in [0.05, 0.1) is 5.56 Å². The highest BCUT2D eigenvalue weighted by Gasteiger charge is 2.06. The smallest absolute Gasteiger partial charge is 0.257 e. The number of pyridine rings is 1. The van der Waals surface area contributed by atoms with E-state index in [9.17, 15) is 9.59 Å². The van der Waals surface area contributed by atoms with Crippen molar-refractivity contribution in [1.29, 1.82) is 0 Å². The molecule has 3 aromatic rings. The number of hydrogen-bond donors (Lipinski definition) is 2. The van der Waals surface area contributed by atoms with Crippen LogP contribution in [-0.4, -0.2) is 16.8 Å². The normalized spacial score (nSPS) is 10.6. The average molecular weight is 378 g/mol. The van der Waals surface area contributed by atoms with E-state index in [1.54, 1.807) is 54.7 Å². The quantitative estimate of drug-likeness (QED) is 0.636. The van der Waals surface area contributed by atoms with Crippen LogP contribution in [0.15, 0.2) is 79.1 Å². The molecule has 5 nitrogen and oxygen atoms in total. The first-order valence-corrected chi connectivity index (χ1v) is 8.55. The number of rotatable bonds is 5. The minimum atomic E-state index is -0.300. The standard InChI is InChI=1S/C21H16ClN3O2/c22-19-9-2-1-5-15(19)10-11-20(26)24-17-7-3-8-18(13-17)25-21(27)16-6-4-12-23-14-16/h1-14H,(H,24,26)(H,25,27)/b11-10+. The molecule has 6 heteroatoms. The fourth-order valence-corrected chi connectivity index (χ4v) is 2.53. The van der Waals surface area contributed by atoms with Crippen molar-refractivity contribution in [3.8, 4) is 0 Å². The van der Waals surface area contributed by atoms with E-state index in [-0.39, 0.29) is 11.8 Å². The van der Waals surface area contributed by atoms with Gasteiger partial charge in [0.1, 0.15) is 0 Å². The summed E-state index contributed by atoms with van der Waals surface area (Å²) in [6.45, 7) is 0. The molecule has 0 radical (unpaired) electrons. The second-order valence-electron chi connectivity index (χ2n) is 5.62. The summed E-state index contributed by atoms with van der Waals surface area (Å²) in [4.78, 5) is 28.2. The lowest BCUT2D eigenvalue weighted by Crippen LogP contribution is -2.13. The van der Waals surface area contributed by atoms with E-state index >= 15 is 0 Å². The number of carbonyl (C=O) groups is 2. The Labute approximate surface area is 161 Å². The third-order valence-corrected chi connectivity index (χ3v) is 3.98. The second kappa shape index (κ2) is 8.78. The molecule has 1 heterocycles. The van der Waals surface area contributed by atoms with Crippen molar-refractivity contribution in [2.45, 2.75) is 0 Å². The molecule has 2 amide bonds. The molecule has 0 saturated heterocycles. The molecule has 2 N–H and O–H groups in total. The number of hydrogen-bond acceptors (Lipinski definition) is 3. The summed E-state index contributed by atoms with van der Waals surface area (Å²) >= 11 is 6.06. The number of benzene rings is 2. The van der Waals surface area contributed by atoms with Crippen molar-refractivity contribution >= 4 is 40.9 Å². The zero-order valence-corrected chi connectivity index (χ0v) is 15.0. The number of anilines is 2. The Balaban J connectivity index is 1.64. The molecule has 0 atom stereocenters. The second-order valence-corrected chi connectivity index (χ2v) is 6.03. The van der Waals surface area contributed by atoms with Gasteiger partial charge in [-0.05, 0) is 48.0 Å². The molecular weight excluding hydrogens is 362 g/mol. The Kier molecular flexibility index (Phi) is 5.97. The SMILES string of the molecule is O=C(/C=C/c1ccccc1Cl)Nc1cccc(NC(=O)c2cccnc2)c1. The number of carbonyl (C=O) groups excluding carboxylic acids is 2. The molecule has 0 aliphatic carbocycles. The zero-order valence-electron chi connectivity index (χ0n) is 14.2. The third-order valence-electron chi connectivity index (χ3n) is 3.63. The van der Waals surface area contributed by atoms with Gasteiger partial charge in [0.25, 0.3) is 5.91 Å². The van der Waals surface area contributed by atoms with Gasteiger partial charge in [-0.2, -0.15) is 0 Å². The summed E-state index contributed by atoms with van der Waals surface area (Å²) in [5, 5.41) is 6.10. The highest BCUT2D eigenvalue weighted by molar-refractivity contribution is 6.32. The molecule has 2 aromatic carbocycles. The lowest BCUT2D eigenvalue weighted by Gasteiger charge is -2.08. The Bertz CT molecular complexity index is 987. The number of halogens is 1.